The minimum absolute atomic E-state index is 0.0336. The number of ketones is 2. The second-order valence-electron chi connectivity index (χ2n) is 17.3. The number of carboxylic acids is 1. The molecule has 2 N–H and O–H groups in total. The molecule has 0 amide bonds. The minimum Gasteiger partial charge on any atom is -0.506 e. The highest BCUT2D eigenvalue weighted by atomic mass is 16.6. The monoisotopic (exact) mass is 713 g/mol. The topological polar surface area (TPSA) is 123 Å². The van der Waals surface area contributed by atoms with Gasteiger partial charge < -0.3 is 24.4 Å². The predicted octanol–water partition coefficient (Wildman–Crippen LogP) is 7.78. The lowest BCUT2D eigenvalue weighted by Gasteiger charge is -2.64. The number of carbonyl (C=O) groups excluding carboxylic acids is 2. The van der Waals surface area contributed by atoms with Gasteiger partial charge in [0.2, 0.25) is 0 Å². The van der Waals surface area contributed by atoms with Crippen LogP contribution in [0.4, 0.5) is 0 Å². The van der Waals surface area contributed by atoms with Crippen molar-refractivity contribution in [3.05, 3.63) is 57.7 Å². The van der Waals surface area contributed by atoms with Crippen LogP contribution in [0.15, 0.2) is 41.0 Å². The van der Waals surface area contributed by atoms with E-state index in [9.17, 15) is 15.0 Å². The van der Waals surface area contributed by atoms with Gasteiger partial charge in [0, 0.05) is 35.4 Å². The van der Waals surface area contributed by atoms with Gasteiger partial charge in [-0.1, -0.05) is 35.8 Å². The van der Waals surface area contributed by atoms with Crippen molar-refractivity contribution in [3.8, 4) is 17.2 Å². The quantitative estimate of drug-likeness (QED) is 0.195. The van der Waals surface area contributed by atoms with Crippen molar-refractivity contribution in [2.24, 2.45) is 17.8 Å². The van der Waals surface area contributed by atoms with Gasteiger partial charge in [-0.3, -0.25) is 14.5 Å². The van der Waals surface area contributed by atoms with Crippen molar-refractivity contribution in [1.29, 1.82) is 0 Å². The summed E-state index contributed by atoms with van der Waals surface area (Å²) in [5.41, 5.74) is -0.946. The number of ether oxygens (including phenoxy) is 3. The molecule has 1 aromatic rings. The normalized spacial score (nSPS) is 34.1. The summed E-state index contributed by atoms with van der Waals surface area (Å²) in [6, 6.07) is -0.429. The Labute approximate surface area is 307 Å². The number of fused-ring (bicyclic) bond motifs is 2. The number of phenols is 1. The van der Waals surface area contributed by atoms with Crippen molar-refractivity contribution in [2.45, 2.75) is 135 Å². The Kier molecular flexibility index (Phi) is 8.97. The molecule has 8 rings (SSSR count). The number of allylic oxidation sites excluding steroid dienone is 4. The highest BCUT2D eigenvalue weighted by Crippen LogP contribution is 2.71. The van der Waals surface area contributed by atoms with Crippen LogP contribution in [0.2, 0.25) is 0 Å². The number of hydrogen-bond donors (Lipinski definition) is 2. The van der Waals surface area contributed by atoms with E-state index in [1.54, 1.807) is 6.08 Å². The van der Waals surface area contributed by atoms with Gasteiger partial charge in [0.05, 0.1) is 17.1 Å². The molecule has 1 aromatic carbocycles. The summed E-state index contributed by atoms with van der Waals surface area (Å²) < 4.78 is 21.3. The summed E-state index contributed by atoms with van der Waals surface area (Å²) in [7, 11) is 0. The zero-order valence-corrected chi connectivity index (χ0v) is 32.1. The zero-order chi connectivity index (χ0) is 37.5. The summed E-state index contributed by atoms with van der Waals surface area (Å²) in [5.74, 6) is -2.55. The third-order valence-electron chi connectivity index (χ3n) is 12.9. The van der Waals surface area contributed by atoms with E-state index in [2.05, 4.69) is 30.9 Å². The average Bonchev–Trinajstić information content (AvgIpc) is 3.22. The van der Waals surface area contributed by atoms with Crippen LogP contribution in [-0.4, -0.2) is 74.2 Å². The number of benzene rings is 1. The molecule has 3 aliphatic carbocycles. The molecule has 5 fully saturated rings. The van der Waals surface area contributed by atoms with E-state index in [4.69, 9.17) is 14.2 Å². The number of Topliss-reactive ketones (excluding diaryl/α,β-unsaturated/α-hetero) is 2. The minimum atomic E-state index is -1.61. The second kappa shape index (κ2) is 12.7. The number of rotatable bonds is 9. The van der Waals surface area contributed by atoms with E-state index in [1.807, 2.05) is 46.8 Å². The van der Waals surface area contributed by atoms with Crippen LogP contribution >= 0.6 is 0 Å². The maximum absolute atomic E-state index is 15.6. The lowest BCUT2D eigenvalue weighted by Crippen LogP contribution is -2.82. The number of hydrogen-bond acceptors (Lipinski definition) is 8. The van der Waals surface area contributed by atoms with Crippen molar-refractivity contribution in [2.75, 3.05) is 13.1 Å². The molecule has 52 heavy (non-hydrogen) atoms. The van der Waals surface area contributed by atoms with E-state index in [1.165, 1.54) is 12.5 Å². The molecule has 0 radical (unpaired) electrons. The van der Waals surface area contributed by atoms with Gasteiger partial charge >= 0.3 is 5.97 Å². The van der Waals surface area contributed by atoms with E-state index in [-0.39, 0.29) is 46.5 Å². The number of nitrogens with zero attached hydrogens (tertiary/aromatic N) is 1. The SMILES string of the molecule is CC(C)=CCCC1(C)C=Cc2c(O)c3c(c(CC=C(C)C)c2O1)OC12C(C3=O)C(N3CCCCC3)C3CC1C(C)(C)OC2(C/C=C(/C)C(=O)O)C3=O. The maximum Gasteiger partial charge on any atom is 0.330 e. The summed E-state index contributed by atoms with van der Waals surface area (Å²) in [6.07, 6.45) is 15.1. The molecule has 7 unspecified atom stereocenters. The summed E-state index contributed by atoms with van der Waals surface area (Å²) in [6.45, 7) is 17.2. The Hall–Kier alpha value is -3.69. The molecule has 4 heterocycles. The van der Waals surface area contributed by atoms with E-state index in [0.717, 1.165) is 44.3 Å². The van der Waals surface area contributed by atoms with Crippen LogP contribution in [0.25, 0.3) is 6.08 Å². The molecule has 4 aliphatic heterocycles. The smallest absolute Gasteiger partial charge is 0.330 e. The highest BCUT2D eigenvalue weighted by molar-refractivity contribution is 6.10. The van der Waals surface area contributed by atoms with Crippen LogP contribution in [0.3, 0.4) is 0 Å². The number of likely N-dealkylation sites (tertiary alicyclic amines) is 1. The summed E-state index contributed by atoms with van der Waals surface area (Å²) in [5, 5.41) is 22.0. The molecule has 9 heteroatoms. The third kappa shape index (κ3) is 5.35. The van der Waals surface area contributed by atoms with Gasteiger partial charge in [0.1, 0.15) is 28.4 Å². The fraction of sp³-hybridized carbons (Fsp3) is 0.605. The number of carboxylic acid groups (broad SMARTS) is 1. The molecule has 280 valence electrons. The molecule has 7 atom stereocenters. The molecular weight excluding hydrogens is 658 g/mol. The first-order valence-corrected chi connectivity index (χ1v) is 19.2. The Balaban J connectivity index is 1.48. The Morgan fingerprint density at radius 1 is 0.962 bits per heavy atom. The second-order valence-corrected chi connectivity index (χ2v) is 17.3. The van der Waals surface area contributed by atoms with Gasteiger partial charge in [-0.15, -0.1) is 0 Å². The standard InChI is InChI=1S/C43H55NO8/c1-24(2)13-12-18-41(8)19-17-27-34(45)31-35(46)32-33(44-21-10-9-11-22-44)29-23-30-40(6,7)52-42(38(29)47,20-16-26(5)39(48)49)43(30,32)51-37(31)28(36(27)50-41)15-14-25(3)4/h13-14,16-17,19,29-30,32-33,45H,9-12,15,18,20-23H2,1-8H3,(H,48,49)/b26-16-. The number of aliphatic carboxylic acids is 1. The fourth-order valence-electron chi connectivity index (χ4n) is 10.4. The maximum atomic E-state index is 15.6. The third-order valence-corrected chi connectivity index (χ3v) is 12.9. The molecular formula is C43H55NO8. The Morgan fingerprint density at radius 3 is 2.31 bits per heavy atom. The van der Waals surface area contributed by atoms with Gasteiger partial charge in [0.25, 0.3) is 0 Å². The molecule has 7 aliphatic rings. The van der Waals surface area contributed by atoms with Crippen LogP contribution in [-0.2, 0) is 20.7 Å². The van der Waals surface area contributed by atoms with Gasteiger partial charge in [0.15, 0.2) is 22.8 Å². The van der Waals surface area contributed by atoms with Crippen molar-refractivity contribution >= 4 is 23.6 Å². The predicted molar refractivity (Wildman–Crippen MR) is 199 cm³/mol. The van der Waals surface area contributed by atoms with Crippen LogP contribution in [0.5, 0.6) is 17.2 Å². The van der Waals surface area contributed by atoms with Crippen LogP contribution in [0.1, 0.15) is 122 Å². The van der Waals surface area contributed by atoms with Gasteiger partial charge in [-0.05, 0) is 119 Å². The highest BCUT2D eigenvalue weighted by Gasteiger charge is 2.85. The Morgan fingerprint density at radius 2 is 1.65 bits per heavy atom. The first kappa shape index (κ1) is 36.7. The average molecular weight is 714 g/mol. The van der Waals surface area contributed by atoms with Gasteiger partial charge in [-0.2, -0.15) is 0 Å². The zero-order valence-electron chi connectivity index (χ0n) is 32.1. The lowest BCUT2D eigenvalue weighted by atomic mass is 9.44. The lowest BCUT2D eigenvalue weighted by molar-refractivity contribution is -0.214. The number of carbonyl (C=O) groups is 3. The van der Waals surface area contributed by atoms with Crippen molar-refractivity contribution in [3.63, 3.8) is 0 Å². The van der Waals surface area contributed by atoms with Crippen molar-refractivity contribution < 1.29 is 38.8 Å². The molecule has 9 nitrogen and oxygen atoms in total. The molecule has 4 bridgehead atoms. The van der Waals surface area contributed by atoms with E-state index in [0.29, 0.717) is 36.1 Å². The van der Waals surface area contributed by atoms with E-state index >= 15 is 9.59 Å². The molecule has 2 saturated heterocycles. The van der Waals surface area contributed by atoms with Crippen LogP contribution in [0, 0.1) is 17.8 Å². The summed E-state index contributed by atoms with van der Waals surface area (Å²) in [4.78, 5) is 45.2. The Bertz CT molecular complexity index is 1840. The van der Waals surface area contributed by atoms with Crippen LogP contribution < -0.4 is 9.47 Å². The molecule has 0 aromatic heterocycles. The number of aromatic hydroxyl groups is 1. The number of piperidine rings is 1. The first-order chi connectivity index (χ1) is 24.5. The fourth-order valence-corrected chi connectivity index (χ4v) is 10.4. The molecule has 3 saturated carbocycles. The molecule has 1 spiro atoms. The van der Waals surface area contributed by atoms with Gasteiger partial charge in [-0.25, -0.2) is 4.79 Å². The van der Waals surface area contributed by atoms with Crippen molar-refractivity contribution in [1.82, 2.24) is 4.90 Å². The number of phenolic OH excluding ortho intramolecular Hbond substituents is 1. The van der Waals surface area contributed by atoms with E-state index < -0.39 is 46.3 Å². The summed E-state index contributed by atoms with van der Waals surface area (Å²) >= 11 is 0. The first-order valence-electron chi connectivity index (χ1n) is 19.2. The largest absolute Gasteiger partial charge is 0.506 e.